The average Bonchev–Trinajstić information content (AvgIpc) is 3.11. The summed E-state index contributed by atoms with van der Waals surface area (Å²) in [5.41, 5.74) is 4.51. The van der Waals surface area contributed by atoms with Crippen LogP contribution in [0, 0.1) is 6.92 Å². The molecular weight excluding hydrogens is 338 g/mol. The minimum Gasteiger partial charge on any atom is -0.355 e. The fourth-order valence-electron chi connectivity index (χ4n) is 2.43. The zero-order valence-corrected chi connectivity index (χ0v) is 14.8. The Morgan fingerprint density at radius 3 is 2.71 bits per heavy atom. The Balaban J connectivity index is 1.91. The zero-order valence-electron chi connectivity index (χ0n) is 13.2. The number of pyridine rings is 1. The summed E-state index contributed by atoms with van der Waals surface area (Å²) in [4.78, 5) is 18.1. The summed E-state index contributed by atoms with van der Waals surface area (Å²) in [6.45, 7) is 2.59. The smallest absolute Gasteiger partial charge is 0.207 e. The van der Waals surface area contributed by atoms with Gasteiger partial charge in [-0.05, 0) is 59.8 Å². The van der Waals surface area contributed by atoms with E-state index in [-0.39, 0.29) is 0 Å². The third-order valence-electron chi connectivity index (χ3n) is 3.75. The molecule has 3 rings (SSSR count). The van der Waals surface area contributed by atoms with Gasteiger partial charge in [0, 0.05) is 39.2 Å². The first-order valence-corrected chi connectivity index (χ1v) is 9.10. The Hall–Kier alpha value is -2.15. The predicted molar refractivity (Wildman–Crippen MR) is 101 cm³/mol. The first-order valence-electron chi connectivity index (χ1n) is 7.40. The monoisotopic (exact) mass is 355 g/mol. The number of amides is 1. The van der Waals surface area contributed by atoms with Crippen molar-refractivity contribution in [2.75, 3.05) is 0 Å². The van der Waals surface area contributed by atoms with Crippen LogP contribution in [-0.2, 0) is 11.3 Å². The van der Waals surface area contributed by atoms with Gasteiger partial charge in [0.15, 0.2) is 0 Å². The van der Waals surface area contributed by atoms with Gasteiger partial charge in [0.25, 0.3) is 0 Å². The second-order valence-electron chi connectivity index (χ2n) is 5.33. The molecule has 0 aliphatic carbocycles. The number of nitrogens with zero attached hydrogens (tertiary/aromatic N) is 1. The predicted octanol–water partition coefficient (Wildman–Crippen LogP) is 4.00. The van der Waals surface area contributed by atoms with Gasteiger partial charge in [0.05, 0.1) is 0 Å². The number of nitrogens with one attached hydrogen (secondary N) is 1. The maximum atomic E-state index is 10.5. The number of carbonyl (C=O) groups excluding carboxylic acids is 1. The number of hydrogen-bond acceptors (Lipinski definition) is 5. The van der Waals surface area contributed by atoms with Crippen LogP contribution in [0.3, 0.4) is 0 Å². The molecule has 0 atom stereocenters. The summed E-state index contributed by atoms with van der Waals surface area (Å²) >= 11 is 2.92. The van der Waals surface area contributed by atoms with Crippen LogP contribution in [0.1, 0.15) is 11.1 Å². The topological polar surface area (TPSA) is 68.0 Å². The number of hydrogen-bond donors (Lipinski definition) is 2. The van der Waals surface area contributed by atoms with E-state index in [0.717, 1.165) is 32.9 Å². The van der Waals surface area contributed by atoms with E-state index in [2.05, 4.69) is 40.6 Å². The van der Waals surface area contributed by atoms with E-state index >= 15 is 0 Å². The maximum Gasteiger partial charge on any atom is 0.207 e. The van der Waals surface area contributed by atoms with Gasteiger partial charge in [-0.1, -0.05) is 12.1 Å². The highest BCUT2D eigenvalue weighted by molar-refractivity contribution is 7.97. The van der Waals surface area contributed by atoms with Crippen molar-refractivity contribution in [1.82, 2.24) is 10.3 Å². The zero-order chi connectivity index (χ0) is 16.9. The third-order valence-corrected chi connectivity index (χ3v) is 5.43. The molecule has 1 aromatic carbocycles. The summed E-state index contributed by atoms with van der Waals surface area (Å²) in [6, 6.07) is 12.6. The van der Waals surface area contributed by atoms with Crippen molar-refractivity contribution in [2.45, 2.75) is 18.4 Å². The lowest BCUT2D eigenvalue weighted by molar-refractivity contribution is -0.109. The van der Waals surface area contributed by atoms with Crippen LogP contribution in [0.4, 0.5) is 0 Å². The molecule has 3 N–H and O–H groups in total. The minimum atomic E-state index is 0.543. The van der Waals surface area contributed by atoms with Gasteiger partial charge in [0.1, 0.15) is 0 Å². The van der Waals surface area contributed by atoms with Crippen LogP contribution in [-0.4, -0.2) is 11.4 Å². The number of rotatable bonds is 6. The first-order chi connectivity index (χ1) is 11.7. The largest absolute Gasteiger partial charge is 0.355 e. The Morgan fingerprint density at radius 1 is 1.17 bits per heavy atom. The Morgan fingerprint density at radius 2 is 1.96 bits per heavy atom. The molecule has 0 unspecified atom stereocenters. The average molecular weight is 355 g/mol. The Bertz CT molecular complexity index is 861. The van der Waals surface area contributed by atoms with E-state index in [1.807, 2.05) is 19.2 Å². The van der Waals surface area contributed by atoms with Crippen molar-refractivity contribution in [3.63, 3.8) is 0 Å². The number of thiophene rings is 1. The lowest BCUT2D eigenvalue weighted by Gasteiger charge is -2.07. The number of aryl methyl sites for hydroxylation is 1. The molecule has 0 aliphatic rings. The second kappa shape index (κ2) is 7.61. The normalized spacial score (nSPS) is 10.6. The van der Waals surface area contributed by atoms with Gasteiger partial charge in [-0.15, -0.1) is 11.3 Å². The molecule has 2 aromatic heterocycles. The molecular formula is C18H17N3OS2. The number of benzene rings is 1. The summed E-state index contributed by atoms with van der Waals surface area (Å²) in [5, 5.41) is 8.34. The standard InChI is InChI=1S/C18H17N3OS2/c1-12-2-3-13(6-14(12)8-21-11-22)17-4-5-18(23-17)15-7-16(24-19)10-20-9-15/h2-7,9-11H,8,19H2,1H3,(H,21,22). The third kappa shape index (κ3) is 3.67. The van der Waals surface area contributed by atoms with E-state index in [0.29, 0.717) is 6.54 Å². The number of nitrogens with two attached hydrogens (primary N) is 1. The highest BCUT2D eigenvalue weighted by Crippen LogP contribution is 2.35. The van der Waals surface area contributed by atoms with E-state index in [1.54, 1.807) is 17.5 Å². The van der Waals surface area contributed by atoms with Gasteiger partial charge >= 0.3 is 0 Å². The van der Waals surface area contributed by atoms with E-state index in [9.17, 15) is 4.79 Å². The molecule has 24 heavy (non-hydrogen) atoms. The summed E-state index contributed by atoms with van der Waals surface area (Å²) in [5.74, 6) is 0. The van der Waals surface area contributed by atoms with Gasteiger partial charge in [0.2, 0.25) is 6.41 Å². The van der Waals surface area contributed by atoms with Crippen molar-refractivity contribution in [3.05, 3.63) is 59.9 Å². The lowest BCUT2D eigenvalue weighted by atomic mass is 10.0. The first kappa shape index (κ1) is 16.7. The number of carbonyl (C=O) groups is 1. The SMILES string of the molecule is Cc1ccc(-c2ccc(-c3cncc(SN)c3)s2)cc1CNC=O. The van der Waals surface area contributed by atoms with Gasteiger partial charge in [-0.25, -0.2) is 0 Å². The molecule has 0 radical (unpaired) electrons. The lowest BCUT2D eigenvalue weighted by Crippen LogP contribution is -2.10. The molecule has 4 nitrogen and oxygen atoms in total. The van der Waals surface area contributed by atoms with Crippen molar-refractivity contribution < 1.29 is 4.79 Å². The number of aromatic nitrogens is 1. The summed E-state index contributed by atoms with van der Waals surface area (Å²) < 4.78 is 0. The fourth-order valence-corrected chi connectivity index (χ4v) is 3.73. The molecule has 1 amide bonds. The Labute approximate surface area is 149 Å². The van der Waals surface area contributed by atoms with E-state index in [4.69, 9.17) is 5.14 Å². The van der Waals surface area contributed by atoms with E-state index in [1.165, 1.54) is 22.4 Å². The maximum absolute atomic E-state index is 10.5. The molecule has 122 valence electrons. The molecule has 3 aromatic rings. The molecule has 0 bridgehead atoms. The van der Waals surface area contributed by atoms with Crippen LogP contribution < -0.4 is 10.5 Å². The quantitative estimate of drug-likeness (QED) is 0.518. The van der Waals surface area contributed by atoms with Gasteiger partial charge in [-0.2, -0.15) is 0 Å². The molecule has 0 fully saturated rings. The molecule has 2 heterocycles. The van der Waals surface area contributed by atoms with Crippen LogP contribution >= 0.6 is 23.3 Å². The van der Waals surface area contributed by atoms with Crippen molar-refractivity contribution in [1.29, 1.82) is 0 Å². The van der Waals surface area contributed by atoms with Crippen molar-refractivity contribution in [3.8, 4) is 20.9 Å². The van der Waals surface area contributed by atoms with Gasteiger partial charge in [-0.3, -0.25) is 14.9 Å². The van der Waals surface area contributed by atoms with Crippen molar-refractivity contribution in [2.24, 2.45) is 5.14 Å². The molecule has 0 saturated carbocycles. The fraction of sp³-hybridized carbons (Fsp3) is 0.111. The van der Waals surface area contributed by atoms with E-state index < -0.39 is 0 Å². The highest BCUT2D eigenvalue weighted by Gasteiger charge is 2.08. The van der Waals surface area contributed by atoms with Crippen LogP contribution in [0.15, 0.2) is 53.7 Å². The van der Waals surface area contributed by atoms with Crippen LogP contribution in [0.5, 0.6) is 0 Å². The van der Waals surface area contributed by atoms with Crippen LogP contribution in [0.2, 0.25) is 0 Å². The minimum absolute atomic E-state index is 0.543. The molecule has 6 heteroatoms. The molecule has 0 saturated heterocycles. The summed E-state index contributed by atoms with van der Waals surface area (Å²) in [6.07, 6.45) is 4.34. The second-order valence-corrected chi connectivity index (χ2v) is 7.12. The molecule has 0 aliphatic heterocycles. The highest BCUT2D eigenvalue weighted by atomic mass is 32.2. The Kier molecular flexibility index (Phi) is 5.30. The molecule has 0 spiro atoms. The van der Waals surface area contributed by atoms with Crippen LogP contribution in [0.25, 0.3) is 20.9 Å². The summed E-state index contributed by atoms with van der Waals surface area (Å²) in [7, 11) is 0. The van der Waals surface area contributed by atoms with Crippen molar-refractivity contribution >= 4 is 29.7 Å². The van der Waals surface area contributed by atoms with Gasteiger partial charge < -0.3 is 5.32 Å².